The SMILES string of the molecule is CC1(C)CC(Oc2ccccc2/C=C/C(=O)O)C(C)(C)O1. The number of para-hydroxylation sites is 1. The summed E-state index contributed by atoms with van der Waals surface area (Å²) >= 11 is 0. The lowest BCUT2D eigenvalue weighted by Crippen LogP contribution is -2.36. The Bertz CT molecular complexity index is 558. The van der Waals surface area contributed by atoms with E-state index in [0.29, 0.717) is 5.75 Å². The molecular formula is C17H22O4. The summed E-state index contributed by atoms with van der Waals surface area (Å²) in [6, 6.07) is 7.42. The van der Waals surface area contributed by atoms with Crippen LogP contribution in [0.1, 0.15) is 39.7 Å². The summed E-state index contributed by atoms with van der Waals surface area (Å²) in [7, 11) is 0. The maximum atomic E-state index is 10.7. The van der Waals surface area contributed by atoms with Gasteiger partial charge in [-0.1, -0.05) is 18.2 Å². The second-order valence-electron chi connectivity index (χ2n) is 6.49. The molecule has 0 spiro atoms. The first-order chi connectivity index (χ1) is 9.70. The molecule has 114 valence electrons. The lowest BCUT2D eigenvalue weighted by Gasteiger charge is -2.27. The monoisotopic (exact) mass is 290 g/mol. The first-order valence-electron chi connectivity index (χ1n) is 7.06. The minimum Gasteiger partial charge on any atom is -0.487 e. The average molecular weight is 290 g/mol. The average Bonchev–Trinajstić information content (AvgIpc) is 2.56. The van der Waals surface area contributed by atoms with E-state index in [2.05, 4.69) is 0 Å². The maximum absolute atomic E-state index is 10.7. The highest BCUT2D eigenvalue weighted by Crippen LogP contribution is 2.40. The van der Waals surface area contributed by atoms with Gasteiger partial charge >= 0.3 is 5.97 Å². The Balaban J connectivity index is 2.22. The topological polar surface area (TPSA) is 55.8 Å². The van der Waals surface area contributed by atoms with Crippen molar-refractivity contribution in [3.05, 3.63) is 35.9 Å². The normalized spacial score (nSPS) is 23.3. The molecule has 21 heavy (non-hydrogen) atoms. The summed E-state index contributed by atoms with van der Waals surface area (Å²) in [6.07, 6.45) is 3.37. The predicted octanol–water partition coefficient (Wildman–Crippen LogP) is 3.51. The van der Waals surface area contributed by atoms with E-state index in [1.807, 2.05) is 52.0 Å². The Hall–Kier alpha value is -1.81. The summed E-state index contributed by atoms with van der Waals surface area (Å²) in [5, 5.41) is 8.75. The number of carboxylic acids is 1. The molecule has 4 nitrogen and oxygen atoms in total. The summed E-state index contributed by atoms with van der Waals surface area (Å²) < 4.78 is 12.1. The van der Waals surface area contributed by atoms with E-state index < -0.39 is 5.97 Å². The van der Waals surface area contributed by atoms with Gasteiger partial charge in [0.1, 0.15) is 17.5 Å². The minimum absolute atomic E-state index is 0.0770. The molecule has 1 unspecified atom stereocenters. The molecule has 1 aliphatic rings. The molecule has 1 N–H and O–H groups in total. The standard InChI is InChI=1S/C17H22O4/c1-16(2)11-14(17(3,4)21-16)20-13-8-6-5-7-12(13)9-10-15(18)19/h5-10,14H,11H2,1-4H3,(H,18,19)/b10-9+. The van der Waals surface area contributed by atoms with E-state index in [1.54, 1.807) is 6.08 Å². The fourth-order valence-corrected chi connectivity index (χ4v) is 2.74. The quantitative estimate of drug-likeness (QED) is 0.862. The number of hydrogen-bond donors (Lipinski definition) is 1. The number of carboxylic acid groups (broad SMARTS) is 1. The van der Waals surface area contributed by atoms with Crippen LogP contribution in [0.25, 0.3) is 6.08 Å². The van der Waals surface area contributed by atoms with Crippen LogP contribution in [0.5, 0.6) is 5.75 Å². The van der Waals surface area contributed by atoms with E-state index in [1.165, 1.54) is 0 Å². The Morgan fingerprint density at radius 1 is 1.33 bits per heavy atom. The zero-order valence-electron chi connectivity index (χ0n) is 12.9. The van der Waals surface area contributed by atoms with E-state index in [0.717, 1.165) is 18.1 Å². The van der Waals surface area contributed by atoms with E-state index >= 15 is 0 Å². The van der Waals surface area contributed by atoms with E-state index in [9.17, 15) is 4.79 Å². The third-order valence-corrected chi connectivity index (χ3v) is 3.59. The number of rotatable bonds is 4. The van der Waals surface area contributed by atoms with E-state index in [-0.39, 0.29) is 17.3 Å². The van der Waals surface area contributed by atoms with Gasteiger partial charge in [-0.15, -0.1) is 0 Å². The van der Waals surface area contributed by atoms with Crippen LogP contribution in [0, 0.1) is 0 Å². The minimum atomic E-state index is -0.976. The first kappa shape index (κ1) is 15.6. The van der Waals surface area contributed by atoms with Crippen molar-refractivity contribution in [2.24, 2.45) is 0 Å². The molecule has 0 aromatic heterocycles. The van der Waals surface area contributed by atoms with Crippen molar-refractivity contribution in [2.45, 2.75) is 51.4 Å². The zero-order valence-corrected chi connectivity index (χ0v) is 12.9. The third-order valence-electron chi connectivity index (χ3n) is 3.59. The molecular weight excluding hydrogens is 268 g/mol. The summed E-state index contributed by atoms with van der Waals surface area (Å²) in [6.45, 7) is 8.13. The van der Waals surface area contributed by atoms with Gasteiger partial charge in [0.25, 0.3) is 0 Å². The Labute approximate surface area is 125 Å². The molecule has 0 radical (unpaired) electrons. The molecule has 1 aliphatic heterocycles. The van der Waals surface area contributed by atoms with Crippen molar-refractivity contribution < 1.29 is 19.4 Å². The number of aliphatic carboxylic acids is 1. The molecule has 0 saturated carbocycles. The molecule has 1 saturated heterocycles. The van der Waals surface area contributed by atoms with Crippen LogP contribution in [-0.2, 0) is 9.53 Å². The fraction of sp³-hybridized carbons (Fsp3) is 0.471. The maximum Gasteiger partial charge on any atom is 0.328 e. The van der Waals surface area contributed by atoms with Crippen LogP contribution < -0.4 is 4.74 Å². The van der Waals surface area contributed by atoms with Crippen molar-refractivity contribution in [1.29, 1.82) is 0 Å². The van der Waals surface area contributed by atoms with Crippen molar-refractivity contribution in [1.82, 2.24) is 0 Å². The first-order valence-corrected chi connectivity index (χ1v) is 7.06. The Morgan fingerprint density at radius 3 is 2.57 bits per heavy atom. The third kappa shape index (κ3) is 3.85. The summed E-state index contributed by atoms with van der Waals surface area (Å²) in [5.41, 5.74) is 0.146. The Kier molecular flexibility index (Phi) is 4.10. The highest BCUT2D eigenvalue weighted by Gasteiger charge is 2.47. The summed E-state index contributed by atoms with van der Waals surface area (Å²) in [5.74, 6) is -0.301. The molecule has 2 rings (SSSR count). The molecule has 0 bridgehead atoms. The number of carbonyl (C=O) groups is 1. The smallest absolute Gasteiger partial charge is 0.328 e. The highest BCUT2D eigenvalue weighted by molar-refractivity contribution is 5.85. The zero-order chi connectivity index (χ0) is 15.7. The lowest BCUT2D eigenvalue weighted by molar-refractivity contribution is -0.131. The molecule has 4 heteroatoms. The van der Waals surface area contributed by atoms with Crippen molar-refractivity contribution in [3.63, 3.8) is 0 Å². The van der Waals surface area contributed by atoms with Gasteiger partial charge in [0, 0.05) is 18.1 Å². The second-order valence-corrected chi connectivity index (χ2v) is 6.49. The predicted molar refractivity (Wildman–Crippen MR) is 81.4 cm³/mol. The number of ether oxygens (including phenoxy) is 2. The van der Waals surface area contributed by atoms with Gasteiger partial charge in [-0.3, -0.25) is 0 Å². The van der Waals surface area contributed by atoms with Gasteiger partial charge in [0.05, 0.1) is 5.60 Å². The van der Waals surface area contributed by atoms with Gasteiger partial charge in [-0.25, -0.2) is 4.79 Å². The molecule has 1 fully saturated rings. The van der Waals surface area contributed by atoms with Gasteiger partial charge in [-0.05, 0) is 39.8 Å². The van der Waals surface area contributed by atoms with Gasteiger partial charge in [0.15, 0.2) is 0 Å². The molecule has 1 aromatic carbocycles. The number of benzene rings is 1. The fourth-order valence-electron chi connectivity index (χ4n) is 2.74. The highest BCUT2D eigenvalue weighted by atomic mass is 16.6. The van der Waals surface area contributed by atoms with Crippen molar-refractivity contribution >= 4 is 12.0 Å². The van der Waals surface area contributed by atoms with Gasteiger partial charge in [-0.2, -0.15) is 0 Å². The lowest BCUT2D eigenvalue weighted by atomic mass is 9.97. The second kappa shape index (κ2) is 5.53. The molecule has 0 aliphatic carbocycles. The molecule has 1 heterocycles. The summed E-state index contributed by atoms with van der Waals surface area (Å²) in [4.78, 5) is 10.7. The largest absolute Gasteiger partial charge is 0.487 e. The van der Waals surface area contributed by atoms with Crippen LogP contribution >= 0.6 is 0 Å². The van der Waals surface area contributed by atoms with Crippen LogP contribution in [-0.4, -0.2) is 28.4 Å². The Morgan fingerprint density at radius 2 is 2.00 bits per heavy atom. The van der Waals surface area contributed by atoms with E-state index in [4.69, 9.17) is 14.6 Å². The van der Waals surface area contributed by atoms with Crippen molar-refractivity contribution in [3.8, 4) is 5.75 Å². The van der Waals surface area contributed by atoms with Gasteiger partial charge < -0.3 is 14.6 Å². The molecule has 0 amide bonds. The molecule has 1 aromatic rings. The number of hydrogen-bond acceptors (Lipinski definition) is 3. The van der Waals surface area contributed by atoms with Crippen molar-refractivity contribution in [2.75, 3.05) is 0 Å². The van der Waals surface area contributed by atoms with Crippen LogP contribution in [0.4, 0.5) is 0 Å². The van der Waals surface area contributed by atoms with Crippen LogP contribution in [0.2, 0.25) is 0 Å². The van der Waals surface area contributed by atoms with Crippen LogP contribution in [0.15, 0.2) is 30.3 Å². The van der Waals surface area contributed by atoms with Crippen LogP contribution in [0.3, 0.4) is 0 Å². The van der Waals surface area contributed by atoms with Gasteiger partial charge in [0.2, 0.25) is 0 Å². The molecule has 1 atom stereocenters.